The Kier molecular flexibility index (Phi) is 7.94. The van der Waals surface area contributed by atoms with Crippen molar-refractivity contribution < 1.29 is 29.0 Å². The fraction of sp³-hybridized carbons (Fsp3) is 0.423. The molecule has 1 aliphatic carbocycles. The first-order valence-electron chi connectivity index (χ1n) is 11.4. The summed E-state index contributed by atoms with van der Waals surface area (Å²) in [5.41, 5.74) is 3.02. The number of carboxylic acid groups (broad SMARTS) is 1. The number of aliphatic carboxylic acids is 1. The minimum Gasteiger partial charge on any atom is -0.481 e. The molecule has 0 fully saturated rings. The number of carbonyl (C=O) groups excluding carboxylic acids is 2. The summed E-state index contributed by atoms with van der Waals surface area (Å²) in [6, 6.07) is 15.4. The standard InChI is InChI=1S/C26H32N2O6/c1-5-26(15-33-4,24(31)27-17(3)16(2)23(29)30)28-25(32)34-14-22-20-12-8-6-10-18(20)19-11-7-9-13-21(19)22/h6-13,16-17,22H,5,14-15H2,1-4H3,(H,27,31)(H,28,32)(H,29,30). The highest BCUT2D eigenvalue weighted by Gasteiger charge is 2.41. The summed E-state index contributed by atoms with van der Waals surface area (Å²) in [6.07, 6.45) is -0.514. The molecule has 0 spiro atoms. The van der Waals surface area contributed by atoms with Crippen LogP contribution in [0.4, 0.5) is 4.79 Å². The Labute approximate surface area is 199 Å². The molecule has 3 rings (SSSR count). The fourth-order valence-corrected chi connectivity index (χ4v) is 4.27. The first-order valence-corrected chi connectivity index (χ1v) is 11.4. The summed E-state index contributed by atoms with van der Waals surface area (Å²) in [5.74, 6) is -2.45. The van der Waals surface area contributed by atoms with Crippen molar-refractivity contribution in [3.8, 4) is 11.1 Å². The van der Waals surface area contributed by atoms with Crippen molar-refractivity contribution >= 4 is 18.0 Å². The van der Waals surface area contributed by atoms with Gasteiger partial charge in [0, 0.05) is 19.1 Å². The topological polar surface area (TPSA) is 114 Å². The van der Waals surface area contributed by atoms with E-state index in [1.165, 1.54) is 14.0 Å². The molecule has 3 unspecified atom stereocenters. The normalized spacial score (nSPS) is 15.9. The third-order valence-corrected chi connectivity index (χ3v) is 6.61. The van der Waals surface area contributed by atoms with Gasteiger partial charge in [0.2, 0.25) is 5.91 Å². The van der Waals surface area contributed by atoms with Crippen molar-refractivity contribution in [3.05, 3.63) is 59.7 Å². The number of carbonyl (C=O) groups is 3. The molecule has 34 heavy (non-hydrogen) atoms. The number of benzene rings is 2. The zero-order chi connectivity index (χ0) is 24.9. The Morgan fingerprint density at radius 3 is 2.09 bits per heavy atom. The Morgan fingerprint density at radius 2 is 1.59 bits per heavy atom. The minimum absolute atomic E-state index is 0.0896. The third kappa shape index (κ3) is 5.07. The number of rotatable bonds is 10. The Balaban J connectivity index is 1.72. The first-order chi connectivity index (χ1) is 16.2. The lowest BCUT2D eigenvalue weighted by Gasteiger charge is -2.33. The van der Waals surface area contributed by atoms with Gasteiger partial charge in [-0.15, -0.1) is 0 Å². The molecule has 0 radical (unpaired) electrons. The fourth-order valence-electron chi connectivity index (χ4n) is 4.27. The average molecular weight is 469 g/mol. The minimum atomic E-state index is -1.40. The van der Waals surface area contributed by atoms with Crippen LogP contribution in [0.2, 0.25) is 0 Å². The van der Waals surface area contributed by atoms with E-state index in [1.54, 1.807) is 13.8 Å². The van der Waals surface area contributed by atoms with E-state index in [2.05, 4.69) is 22.8 Å². The zero-order valence-corrected chi connectivity index (χ0v) is 20.0. The molecule has 0 saturated carbocycles. The van der Waals surface area contributed by atoms with Crippen LogP contribution in [0.1, 0.15) is 44.2 Å². The molecule has 3 atom stereocenters. The van der Waals surface area contributed by atoms with Crippen LogP contribution in [-0.2, 0) is 19.1 Å². The second-order valence-electron chi connectivity index (χ2n) is 8.71. The third-order valence-electron chi connectivity index (χ3n) is 6.61. The quantitative estimate of drug-likeness (QED) is 0.491. The summed E-state index contributed by atoms with van der Waals surface area (Å²) in [7, 11) is 1.43. The Morgan fingerprint density at radius 1 is 1.03 bits per heavy atom. The highest BCUT2D eigenvalue weighted by Crippen LogP contribution is 2.44. The van der Waals surface area contributed by atoms with E-state index in [9.17, 15) is 19.5 Å². The summed E-state index contributed by atoms with van der Waals surface area (Å²) < 4.78 is 10.8. The van der Waals surface area contributed by atoms with E-state index in [-0.39, 0.29) is 25.6 Å². The van der Waals surface area contributed by atoms with Crippen molar-refractivity contribution in [1.29, 1.82) is 0 Å². The number of ether oxygens (including phenoxy) is 2. The lowest BCUT2D eigenvalue weighted by molar-refractivity contribution is -0.142. The largest absolute Gasteiger partial charge is 0.481 e. The second-order valence-corrected chi connectivity index (χ2v) is 8.71. The van der Waals surface area contributed by atoms with Crippen LogP contribution in [-0.4, -0.2) is 55.0 Å². The molecule has 2 aromatic rings. The van der Waals surface area contributed by atoms with Gasteiger partial charge in [-0.2, -0.15) is 0 Å². The van der Waals surface area contributed by atoms with Crippen LogP contribution in [0.25, 0.3) is 11.1 Å². The number of alkyl carbamates (subject to hydrolysis) is 1. The molecule has 2 aromatic carbocycles. The van der Waals surface area contributed by atoms with Gasteiger partial charge < -0.3 is 25.2 Å². The number of nitrogens with one attached hydrogen (secondary N) is 2. The van der Waals surface area contributed by atoms with Gasteiger partial charge in [0.25, 0.3) is 0 Å². The van der Waals surface area contributed by atoms with E-state index in [0.29, 0.717) is 0 Å². The van der Waals surface area contributed by atoms with E-state index in [0.717, 1.165) is 22.3 Å². The smallest absolute Gasteiger partial charge is 0.408 e. The maximum Gasteiger partial charge on any atom is 0.408 e. The van der Waals surface area contributed by atoms with Crippen LogP contribution in [0.15, 0.2) is 48.5 Å². The average Bonchev–Trinajstić information content (AvgIpc) is 3.15. The number of amides is 2. The van der Waals surface area contributed by atoms with Crippen molar-refractivity contribution in [1.82, 2.24) is 10.6 Å². The molecule has 3 N–H and O–H groups in total. The van der Waals surface area contributed by atoms with E-state index in [4.69, 9.17) is 9.47 Å². The molecule has 2 amide bonds. The van der Waals surface area contributed by atoms with Gasteiger partial charge in [-0.1, -0.05) is 55.5 Å². The van der Waals surface area contributed by atoms with Gasteiger partial charge in [-0.3, -0.25) is 9.59 Å². The molecule has 0 bridgehead atoms. The first kappa shape index (κ1) is 25.2. The number of fused-ring (bicyclic) bond motifs is 3. The molecular formula is C26H32N2O6. The monoisotopic (exact) mass is 468 g/mol. The second kappa shape index (κ2) is 10.7. The molecule has 0 heterocycles. The molecule has 0 saturated heterocycles. The molecular weight excluding hydrogens is 436 g/mol. The van der Waals surface area contributed by atoms with Gasteiger partial charge in [0.05, 0.1) is 12.5 Å². The number of hydrogen-bond donors (Lipinski definition) is 3. The summed E-state index contributed by atoms with van der Waals surface area (Å²) in [6.45, 7) is 4.88. The lowest BCUT2D eigenvalue weighted by atomic mass is 9.94. The number of methoxy groups -OCH3 is 1. The van der Waals surface area contributed by atoms with Crippen molar-refractivity contribution in [2.75, 3.05) is 20.3 Å². The van der Waals surface area contributed by atoms with Gasteiger partial charge in [-0.25, -0.2) is 4.79 Å². The maximum absolute atomic E-state index is 13.1. The summed E-state index contributed by atoms with van der Waals surface area (Å²) in [5, 5.41) is 14.6. The molecule has 0 aromatic heterocycles. The molecule has 0 aliphatic heterocycles. The molecule has 182 valence electrons. The van der Waals surface area contributed by atoms with Gasteiger partial charge >= 0.3 is 12.1 Å². The predicted octanol–water partition coefficient (Wildman–Crippen LogP) is 3.55. The highest BCUT2D eigenvalue weighted by atomic mass is 16.5. The van der Waals surface area contributed by atoms with Crippen molar-refractivity contribution in [3.63, 3.8) is 0 Å². The van der Waals surface area contributed by atoms with Crippen LogP contribution in [0.5, 0.6) is 0 Å². The van der Waals surface area contributed by atoms with Gasteiger partial charge in [0.15, 0.2) is 0 Å². The van der Waals surface area contributed by atoms with Crippen LogP contribution in [0, 0.1) is 5.92 Å². The highest BCUT2D eigenvalue weighted by molar-refractivity contribution is 5.90. The molecule has 8 nitrogen and oxygen atoms in total. The van der Waals surface area contributed by atoms with Crippen LogP contribution < -0.4 is 10.6 Å². The van der Waals surface area contributed by atoms with Crippen LogP contribution in [0.3, 0.4) is 0 Å². The van der Waals surface area contributed by atoms with E-state index < -0.39 is 35.5 Å². The van der Waals surface area contributed by atoms with Crippen LogP contribution >= 0.6 is 0 Å². The lowest BCUT2D eigenvalue weighted by Crippen LogP contribution is -2.63. The SMILES string of the molecule is CCC(COC)(NC(=O)OCC1c2ccccc2-c2ccccc21)C(=O)NC(C)C(C)C(=O)O. The van der Waals surface area contributed by atoms with E-state index >= 15 is 0 Å². The maximum atomic E-state index is 13.1. The summed E-state index contributed by atoms with van der Waals surface area (Å²) in [4.78, 5) is 37.2. The number of carboxylic acids is 1. The molecule has 1 aliphatic rings. The molecule has 8 heteroatoms. The van der Waals surface area contributed by atoms with E-state index in [1.807, 2.05) is 36.4 Å². The number of hydrogen-bond acceptors (Lipinski definition) is 5. The Bertz CT molecular complexity index is 1010. The van der Waals surface area contributed by atoms with Gasteiger partial charge in [-0.05, 0) is 42.5 Å². The Hall–Kier alpha value is -3.39. The van der Waals surface area contributed by atoms with Crippen molar-refractivity contribution in [2.45, 2.75) is 44.7 Å². The van der Waals surface area contributed by atoms with Crippen molar-refractivity contribution in [2.24, 2.45) is 5.92 Å². The zero-order valence-electron chi connectivity index (χ0n) is 20.0. The predicted molar refractivity (Wildman–Crippen MR) is 128 cm³/mol. The van der Waals surface area contributed by atoms with Gasteiger partial charge in [0.1, 0.15) is 12.1 Å². The summed E-state index contributed by atoms with van der Waals surface area (Å²) >= 11 is 0.